The molecule has 4 aromatic rings. The van der Waals surface area contributed by atoms with Crippen LogP contribution in [0, 0.1) is 11.3 Å². The molecule has 0 atom stereocenters. The van der Waals surface area contributed by atoms with Gasteiger partial charge in [-0.05, 0) is 46.8 Å². The Kier molecular flexibility index (Phi) is 5.29. The molecule has 2 aromatic carbocycles. The lowest BCUT2D eigenvalue weighted by Gasteiger charge is -2.06. The van der Waals surface area contributed by atoms with Crippen molar-refractivity contribution in [3.8, 4) is 32.8 Å². The van der Waals surface area contributed by atoms with Crippen molar-refractivity contribution in [2.24, 2.45) is 0 Å². The Labute approximate surface area is 170 Å². The molecule has 136 valence electrons. The normalized spacial score (nSPS) is 10.4. The van der Waals surface area contributed by atoms with Gasteiger partial charge >= 0.3 is 5.97 Å². The molecule has 6 heteroatoms. The van der Waals surface area contributed by atoms with Crippen LogP contribution in [0.1, 0.15) is 11.3 Å². The van der Waals surface area contributed by atoms with E-state index in [0.29, 0.717) is 17.0 Å². The molecule has 0 radical (unpaired) electrons. The van der Waals surface area contributed by atoms with Gasteiger partial charge in [-0.25, -0.2) is 4.98 Å². The SMILES string of the molecule is N#Cc1ccc(-c2ccc(OC(=O)Cc3csc(-c4cccs4)n3)cc2)cc1. The topological polar surface area (TPSA) is 63.0 Å². The molecule has 0 N–H and O–H groups in total. The van der Waals surface area contributed by atoms with Gasteiger partial charge in [-0.1, -0.05) is 30.3 Å². The molecule has 2 aromatic heterocycles. The van der Waals surface area contributed by atoms with Crippen molar-refractivity contribution in [2.45, 2.75) is 6.42 Å². The number of hydrogen-bond donors (Lipinski definition) is 0. The Balaban J connectivity index is 1.38. The number of rotatable bonds is 5. The molecule has 0 aliphatic heterocycles. The number of thiazole rings is 1. The van der Waals surface area contributed by atoms with E-state index in [2.05, 4.69) is 11.1 Å². The van der Waals surface area contributed by atoms with Crippen molar-refractivity contribution in [3.63, 3.8) is 0 Å². The maximum atomic E-state index is 12.2. The van der Waals surface area contributed by atoms with Crippen molar-refractivity contribution < 1.29 is 9.53 Å². The fraction of sp³-hybridized carbons (Fsp3) is 0.0455. The third-order valence-corrected chi connectivity index (χ3v) is 5.97. The number of hydrogen-bond acceptors (Lipinski definition) is 6. The number of benzene rings is 2. The molecule has 4 rings (SSSR count). The van der Waals surface area contributed by atoms with Crippen molar-refractivity contribution >= 4 is 28.6 Å². The minimum absolute atomic E-state index is 0.138. The van der Waals surface area contributed by atoms with E-state index < -0.39 is 0 Å². The molecule has 4 nitrogen and oxygen atoms in total. The summed E-state index contributed by atoms with van der Waals surface area (Å²) >= 11 is 3.16. The number of esters is 1. The van der Waals surface area contributed by atoms with Gasteiger partial charge in [-0.3, -0.25) is 4.79 Å². The lowest BCUT2D eigenvalue weighted by molar-refractivity contribution is -0.133. The molecule has 0 unspecified atom stereocenters. The highest BCUT2D eigenvalue weighted by Crippen LogP contribution is 2.28. The van der Waals surface area contributed by atoms with Crippen LogP contribution < -0.4 is 4.74 Å². The number of nitrogens with zero attached hydrogens (tertiary/aromatic N) is 2. The van der Waals surface area contributed by atoms with Crippen LogP contribution >= 0.6 is 22.7 Å². The third-order valence-electron chi connectivity index (χ3n) is 4.04. The molecule has 0 aliphatic carbocycles. The molecule has 2 heterocycles. The second kappa shape index (κ2) is 8.17. The molecular formula is C22H14N2O2S2. The smallest absolute Gasteiger partial charge is 0.317 e. The lowest BCUT2D eigenvalue weighted by Crippen LogP contribution is -2.11. The first kappa shape index (κ1) is 18.1. The maximum absolute atomic E-state index is 12.2. The molecule has 28 heavy (non-hydrogen) atoms. The Morgan fingerprint density at radius 2 is 1.71 bits per heavy atom. The third kappa shape index (κ3) is 4.17. The summed E-state index contributed by atoms with van der Waals surface area (Å²) in [6, 6.07) is 20.8. The summed E-state index contributed by atoms with van der Waals surface area (Å²) in [6.07, 6.45) is 0.138. The molecule has 0 amide bonds. The Morgan fingerprint density at radius 1 is 1.00 bits per heavy atom. The van der Waals surface area contributed by atoms with Crippen molar-refractivity contribution in [1.29, 1.82) is 5.26 Å². The average molecular weight is 402 g/mol. The first-order valence-electron chi connectivity index (χ1n) is 8.51. The Morgan fingerprint density at radius 3 is 2.36 bits per heavy atom. The highest BCUT2D eigenvalue weighted by atomic mass is 32.1. The van der Waals surface area contributed by atoms with Crippen LogP contribution in [-0.4, -0.2) is 11.0 Å². The quantitative estimate of drug-likeness (QED) is 0.324. The minimum Gasteiger partial charge on any atom is -0.426 e. The van der Waals surface area contributed by atoms with Crippen LogP contribution in [0.15, 0.2) is 71.4 Å². The summed E-state index contributed by atoms with van der Waals surface area (Å²) in [5.41, 5.74) is 3.33. The predicted molar refractivity (Wildman–Crippen MR) is 111 cm³/mol. The molecule has 0 saturated carbocycles. The highest BCUT2D eigenvalue weighted by Gasteiger charge is 2.11. The molecule has 0 aliphatic rings. The highest BCUT2D eigenvalue weighted by molar-refractivity contribution is 7.20. The zero-order valence-corrected chi connectivity index (χ0v) is 16.3. The van der Waals surface area contributed by atoms with E-state index in [1.807, 2.05) is 47.2 Å². The minimum atomic E-state index is -0.339. The average Bonchev–Trinajstić information content (AvgIpc) is 3.40. The predicted octanol–water partition coefficient (Wildman–Crippen LogP) is 5.56. The zero-order chi connectivity index (χ0) is 19.3. The first-order chi connectivity index (χ1) is 13.7. The number of ether oxygens (including phenoxy) is 1. The van der Waals surface area contributed by atoms with Gasteiger partial charge in [0.25, 0.3) is 0 Å². The monoisotopic (exact) mass is 402 g/mol. The van der Waals surface area contributed by atoms with Crippen LogP contribution in [0.5, 0.6) is 5.75 Å². The molecular weight excluding hydrogens is 388 g/mol. The number of carbonyl (C=O) groups is 1. The van der Waals surface area contributed by atoms with Gasteiger partial charge < -0.3 is 4.74 Å². The van der Waals surface area contributed by atoms with Crippen molar-refractivity contribution in [2.75, 3.05) is 0 Å². The number of thiophene rings is 1. The summed E-state index contributed by atoms with van der Waals surface area (Å²) in [4.78, 5) is 17.8. The zero-order valence-electron chi connectivity index (χ0n) is 14.7. The Bertz CT molecular complexity index is 1120. The molecule has 0 fully saturated rings. The summed E-state index contributed by atoms with van der Waals surface area (Å²) in [5.74, 6) is 0.158. The second-order valence-electron chi connectivity index (χ2n) is 5.99. The van der Waals surface area contributed by atoms with Gasteiger partial charge in [0.15, 0.2) is 0 Å². The number of aromatic nitrogens is 1. The van der Waals surface area contributed by atoms with Crippen LogP contribution in [-0.2, 0) is 11.2 Å². The molecule has 0 saturated heterocycles. The summed E-state index contributed by atoms with van der Waals surface area (Å²) in [5, 5.41) is 13.7. The van der Waals surface area contributed by atoms with E-state index in [1.54, 1.807) is 35.6 Å². The van der Waals surface area contributed by atoms with Crippen molar-refractivity contribution in [1.82, 2.24) is 4.98 Å². The van der Waals surface area contributed by atoms with E-state index in [1.165, 1.54) is 11.3 Å². The standard InChI is InChI=1S/C22H14N2O2S2/c23-13-15-3-5-16(6-4-15)17-7-9-19(10-8-17)26-21(25)12-18-14-28-22(24-18)20-2-1-11-27-20/h1-11,14H,12H2. The summed E-state index contributed by atoms with van der Waals surface area (Å²) < 4.78 is 5.43. The molecule has 0 bridgehead atoms. The fourth-order valence-corrected chi connectivity index (χ4v) is 4.30. The Hall–Kier alpha value is -3.27. The van der Waals surface area contributed by atoms with Crippen LogP contribution in [0.3, 0.4) is 0 Å². The van der Waals surface area contributed by atoms with E-state index in [9.17, 15) is 4.79 Å². The van der Waals surface area contributed by atoms with E-state index in [4.69, 9.17) is 10.00 Å². The second-order valence-corrected chi connectivity index (χ2v) is 7.79. The molecule has 0 spiro atoms. The largest absolute Gasteiger partial charge is 0.426 e. The van der Waals surface area contributed by atoms with E-state index in [-0.39, 0.29) is 12.4 Å². The summed E-state index contributed by atoms with van der Waals surface area (Å²) in [6.45, 7) is 0. The number of carbonyl (C=O) groups excluding carboxylic acids is 1. The maximum Gasteiger partial charge on any atom is 0.317 e. The van der Waals surface area contributed by atoms with Gasteiger partial charge in [0.1, 0.15) is 10.8 Å². The van der Waals surface area contributed by atoms with Crippen LogP contribution in [0.25, 0.3) is 21.0 Å². The van der Waals surface area contributed by atoms with Crippen LogP contribution in [0.2, 0.25) is 0 Å². The van der Waals surface area contributed by atoms with E-state index in [0.717, 1.165) is 21.0 Å². The van der Waals surface area contributed by atoms with Gasteiger partial charge in [-0.2, -0.15) is 5.26 Å². The van der Waals surface area contributed by atoms with Gasteiger partial charge in [0.05, 0.1) is 28.6 Å². The van der Waals surface area contributed by atoms with Gasteiger partial charge in [0.2, 0.25) is 0 Å². The number of nitriles is 1. The first-order valence-corrected chi connectivity index (χ1v) is 10.3. The van der Waals surface area contributed by atoms with Crippen molar-refractivity contribution in [3.05, 3.63) is 82.7 Å². The van der Waals surface area contributed by atoms with Gasteiger partial charge in [0, 0.05) is 5.38 Å². The van der Waals surface area contributed by atoms with Gasteiger partial charge in [-0.15, -0.1) is 22.7 Å². The van der Waals surface area contributed by atoms with E-state index >= 15 is 0 Å². The summed E-state index contributed by atoms with van der Waals surface area (Å²) in [7, 11) is 0. The van der Waals surface area contributed by atoms with Crippen LogP contribution in [0.4, 0.5) is 0 Å². The lowest BCUT2D eigenvalue weighted by atomic mass is 10.0. The fourth-order valence-electron chi connectivity index (χ4n) is 2.67.